The topological polar surface area (TPSA) is 60.8 Å². The third-order valence-electron chi connectivity index (χ3n) is 2.61. The van der Waals surface area contributed by atoms with E-state index in [1.807, 2.05) is 6.92 Å². The van der Waals surface area contributed by atoms with Gasteiger partial charge in [-0.25, -0.2) is 0 Å². The summed E-state index contributed by atoms with van der Waals surface area (Å²) in [6, 6.07) is 7.04. The van der Waals surface area contributed by atoms with Gasteiger partial charge in [0.2, 0.25) is 0 Å². The van der Waals surface area contributed by atoms with E-state index in [2.05, 4.69) is 11.8 Å². The minimum atomic E-state index is -0.238. The molecule has 0 radical (unpaired) electrons. The van der Waals surface area contributed by atoms with Crippen molar-refractivity contribution in [2.75, 3.05) is 26.3 Å². The van der Waals surface area contributed by atoms with Gasteiger partial charge < -0.3 is 15.1 Å². The molecule has 19 heavy (non-hydrogen) atoms. The van der Waals surface area contributed by atoms with Crippen LogP contribution in [0.1, 0.15) is 29.3 Å². The molecule has 1 aromatic rings. The van der Waals surface area contributed by atoms with Crippen LogP contribution in [0.4, 0.5) is 0 Å². The van der Waals surface area contributed by atoms with Gasteiger partial charge in [-0.15, -0.1) is 0 Å². The highest BCUT2D eigenvalue weighted by atomic mass is 16.3. The quantitative estimate of drug-likeness (QED) is 0.773. The Bertz CT molecular complexity index is 468. The molecule has 0 bridgehead atoms. The molecule has 102 valence electrons. The Balaban J connectivity index is 3.03. The summed E-state index contributed by atoms with van der Waals surface area (Å²) in [6.45, 7) is 2.60. The predicted molar refractivity (Wildman–Crippen MR) is 73.7 cm³/mol. The SMILES string of the molecule is CCCN(CCO)C(=O)c1ccccc1C#CCO. The lowest BCUT2D eigenvalue weighted by molar-refractivity contribution is 0.0721. The largest absolute Gasteiger partial charge is 0.395 e. The normalized spacial score (nSPS) is 9.63. The number of carbonyl (C=O) groups excluding carboxylic acids is 1. The molecule has 0 heterocycles. The van der Waals surface area contributed by atoms with Gasteiger partial charge in [-0.05, 0) is 18.6 Å². The van der Waals surface area contributed by atoms with E-state index in [1.165, 1.54) is 0 Å². The molecule has 4 nitrogen and oxygen atoms in total. The number of rotatable bonds is 5. The number of hydrogen-bond donors (Lipinski definition) is 2. The maximum Gasteiger partial charge on any atom is 0.255 e. The van der Waals surface area contributed by atoms with E-state index in [-0.39, 0.29) is 19.1 Å². The molecule has 0 aliphatic heterocycles. The zero-order chi connectivity index (χ0) is 14.1. The van der Waals surface area contributed by atoms with Gasteiger partial charge in [0.1, 0.15) is 6.61 Å². The lowest BCUT2D eigenvalue weighted by Gasteiger charge is -2.21. The highest BCUT2D eigenvalue weighted by molar-refractivity contribution is 5.96. The highest BCUT2D eigenvalue weighted by Gasteiger charge is 2.16. The number of benzene rings is 1. The van der Waals surface area contributed by atoms with Crippen molar-refractivity contribution < 1.29 is 15.0 Å². The van der Waals surface area contributed by atoms with Crippen LogP contribution in [0.3, 0.4) is 0 Å². The Labute approximate surface area is 113 Å². The summed E-state index contributed by atoms with van der Waals surface area (Å²) in [5, 5.41) is 17.7. The van der Waals surface area contributed by atoms with Crippen LogP contribution in [0.5, 0.6) is 0 Å². The van der Waals surface area contributed by atoms with E-state index >= 15 is 0 Å². The van der Waals surface area contributed by atoms with E-state index in [0.717, 1.165) is 6.42 Å². The minimum Gasteiger partial charge on any atom is -0.395 e. The molecule has 0 fully saturated rings. The minimum absolute atomic E-state index is 0.0593. The maximum absolute atomic E-state index is 12.4. The van der Waals surface area contributed by atoms with Crippen molar-refractivity contribution in [1.29, 1.82) is 0 Å². The van der Waals surface area contributed by atoms with E-state index in [1.54, 1.807) is 29.2 Å². The van der Waals surface area contributed by atoms with Gasteiger partial charge in [0.05, 0.1) is 12.2 Å². The maximum atomic E-state index is 12.4. The molecule has 2 N–H and O–H groups in total. The molecule has 0 unspecified atom stereocenters. The van der Waals surface area contributed by atoms with Gasteiger partial charge in [0.15, 0.2) is 0 Å². The number of aliphatic hydroxyl groups is 2. The van der Waals surface area contributed by atoms with Gasteiger partial charge in [0.25, 0.3) is 5.91 Å². The zero-order valence-electron chi connectivity index (χ0n) is 11.1. The number of amides is 1. The number of hydrogen-bond acceptors (Lipinski definition) is 3. The third-order valence-corrected chi connectivity index (χ3v) is 2.61. The molecule has 1 amide bonds. The number of carbonyl (C=O) groups is 1. The van der Waals surface area contributed by atoms with Gasteiger partial charge in [0, 0.05) is 18.7 Å². The average Bonchev–Trinajstić information content (AvgIpc) is 2.44. The van der Waals surface area contributed by atoms with Gasteiger partial charge in [-0.2, -0.15) is 0 Å². The Morgan fingerprint density at radius 2 is 2.00 bits per heavy atom. The second kappa shape index (κ2) is 8.30. The summed E-state index contributed by atoms with van der Waals surface area (Å²) >= 11 is 0. The Hall–Kier alpha value is -1.83. The molecule has 1 rings (SSSR count). The second-order valence-corrected chi connectivity index (χ2v) is 4.02. The van der Waals surface area contributed by atoms with Crippen LogP contribution in [-0.2, 0) is 0 Å². The van der Waals surface area contributed by atoms with Crippen LogP contribution >= 0.6 is 0 Å². The number of nitrogens with zero attached hydrogens (tertiary/aromatic N) is 1. The fourth-order valence-electron chi connectivity index (χ4n) is 1.79. The molecular weight excluding hydrogens is 242 g/mol. The molecule has 0 saturated carbocycles. The van der Waals surface area contributed by atoms with Crippen molar-refractivity contribution in [3.05, 3.63) is 35.4 Å². The first-order valence-electron chi connectivity index (χ1n) is 6.33. The van der Waals surface area contributed by atoms with Crippen LogP contribution in [-0.4, -0.2) is 47.3 Å². The molecule has 0 atom stereocenters. The summed E-state index contributed by atoms with van der Waals surface area (Å²) < 4.78 is 0. The zero-order valence-corrected chi connectivity index (χ0v) is 11.1. The van der Waals surface area contributed by atoms with Crippen molar-refractivity contribution in [1.82, 2.24) is 4.90 Å². The van der Waals surface area contributed by atoms with E-state index in [4.69, 9.17) is 10.2 Å². The van der Waals surface area contributed by atoms with Crippen molar-refractivity contribution in [2.24, 2.45) is 0 Å². The van der Waals surface area contributed by atoms with Crippen molar-refractivity contribution in [2.45, 2.75) is 13.3 Å². The fourth-order valence-corrected chi connectivity index (χ4v) is 1.79. The molecule has 0 aliphatic rings. The van der Waals surface area contributed by atoms with E-state index in [9.17, 15) is 4.79 Å². The molecule has 0 saturated heterocycles. The van der Waals surface area contributed by atoms with Gasteiger partial charge in [-0.3, -0.25) is 4.79 Å². The monoisotopic (exact) mass is 261 g/mol. The van der Waals surface area contributed by atoms with E-state index in [0.29, 0.717) is 24.2 Å². The average molecular weight is 261 g/mol. The highest BCUT2D eigenvalue weighted by Crippen LogP contribution is 2.11. The second-order valence-electron chi connectivity index (χ2n) is 4.02. The first-order valence-corrected chi connectivity index (χ1v) is 6.33. The Morgan fingerprint density at radius 1 is 1.26 bits per heavy atom. The first-order chi connectivity index (χ1) is 9.24. The van der Waals surface area contributed by atoms with Crippen molar-refractivity contribution in [3.8, 4) is 11.8 Å². The van der Waals surface area contributed by atoms with Crippen LogP contribution in [0.2, 0.25) is 0 Å². The number of aliphatic hydroxyl groups excluding tert-OH is 2. The summed E-state index contributed by atoms with van der Waals surface area (Å²) in [5.74, 6) is 5.18. The predicted octanol–water partition coefficient (Wildman–Crippen LogP) is 0.875. The fraction of sp³-hybridized carbons (Fsp3) is 0.400. The molecule has 0 spiro atoms. The summed E-state index contributed by atoms with van der Waals surface area (Å²) in [4.78, 5) is 14.0. The van der Waals surface area contributed by atoms with Gasteiger partial charge in [-0.1, -0.05) is 30.9 Å². The standard InChI is InChI=1S/C15H19NO3/c1-2-9-16(10-12-18)15(19)14-8-4-3-6-13(14)7-5-11-17/h3-4,6,8,17-18H,2,9-12H2,1H3. The lowest BCUT2D eigenvalue weighted by atomic mass is 10.1. The molecule has 0 aliphatic carbocycles. The van der Waals surface area contributed by atoms with Crippen LogP contribution in [0.25, 0.3) is 0 Å². The van der Waals surface area contributed by atoms with Crippen LogP contribution in [0, 0.1) is 11.8 Å². The lowest BCUT2D eigenvalue weighted by Crippen LogP contribution is -2.34. The van der Waals surface area contributed by atoms with Gasteiger partial charge >= 0.3 is 0 Å². The molecular formula is C15H19NO3. The smallest absolute Gasteiger partial charge is 0.255 e. The first kappa shape index (κ1) is 15.2. The van der Waals surface area contributed by atoms with Crippen LogP contribution < -0.4 is 0 Å². The Morgan fingerprint density at radius 3 is 2.63 bits per heavy atom. The van der Waals surface area contributed by atoms with Crippen molar-refractivity contribution >= 4 is 5.91 Å². The summed E-state index contributed by atoms with van der Waals surface area (Å²) in [5.41, 5.74) is 1.10. The molecule has 4 heteroatoms. The van der Waals surface area contributed by atoms with Crippen molar-refractivity contribution in [3.63, 3.8) is 0 Å². The molecule has 1 aromatic carbocycles. The summed E-state index contributed by atoms with van der Waals surface area (Å²) in [6.07, 6.45) is 0.830. The van der Waals surface area contributed by atoms with E-state index < -0.39 is 0 Å². The summed E-state index contributed by atoms with van der Waals surface area (Å²) in [7, 11) is 0. The van der Waals surface area contributed by atoms with Crippen LogP contribution in [0.15, 0.2) is 24.3 Å². The molecule has 0 aromatic heterocycles. The Kier molecular flexibility index (Phi) is 6.65. The third kappa shape index (κ3) is 4.40.